The van der Waals surface area contributed by atoms with Crippen LogP contribution >= 0.6 is 11.6 Å². The van der Waals surface area contributed by atoms with Crippen molar-refractivity contribution >= 4 is 11.6 Å². The van der Waals surface area contributed by atoms with Gasteiger partial charge in [0.15, 0.2) is 0 Å². The Morgan fingerprint density at radius 3 is 2.57 bits per heavy atom. The van der Waals surface area contributed by atoms with E-state index in [4.69, 9.17) is 16.3 Å². The molecule has 42 valence electrons. The Morgan fingerprint density at radius 1 is 1.71 bits per heavy atom. The van der Waals surface area contributed by atoms with Crippen molar-refractivity contribution in [3.63, 3.8) is 0 Å². The van der Waals surface area contributed by atoms with Crippen LogP contribution in [0.3, 0.4) is 0 Å². The lowest BCUT2D eigenvalue weighted by molar-refractivity contribution is 0.156. The summed E-state index contributed by atoms with van der Waals surface area (Å²) in [4.78, 5) is 0. The molecule has 2 atom stereocenters. The van der Waals surface area contributed by atoms with Gasteiger partial charge in [-0.15, -0.1) is 0 Å². The molecule has 1 fully saturated rings. The van der Waals surface area contributed by atoms with Gasteiger partial charge in [-0.25, -0.2) is 0 Å². The highest BCUT2D eigenvalue weighted by Crippen LogP contribution is 2.22. The first kappa shape index (κ1) is 5.39. The van der Waals surface area contributed by atoms with Gasteiger partial charge >= 0.3 is 0 Å². The number of hydrogen-bond acceptors (Lipinski definition) is 1. The van der Waals surface area contributed by atoms with Crippen molar-refractivity contribution in [3.05, 3.63) is 0 Å². The average Bonchev–Trinajstić information content (AvgIpc) is 1.91. The van der Waals surface area contributed by atoms with Crippen molar-refractivity contribution in [3.8, 4) is 0 Å². The third-order valence-electron chi connectivity index (χ3n) is 1.30. The van der Waals surface area contributed by atoms with Crippen LogP contribution in [-0.2, 0) is 4.74 Å². The maximum atomic E-state index is 5.64. The summed E-state index contributed by atoms with van der Waals surface area (Å²) in [6.07, 6.45) is 1.12. The monoisotopic (exact) mass is 120 g/mol. The number of halogens is 1. The lowest BCUT2D eigenvalue weighted by Crippen LogP contribution is -2.02. The van der Waals surface area contributed by atoms with Crippen molar-refractivity contribution in [1.29, 1.82) is 0 Å². The Labute approximate surface area is 48.6 Å². The second kappa shape index (κ2) is 2.01. The number of ether oxygens (including phenoxy) is 1. The van der Waals surface area contributed by atoms with Gasteiger partial charge in [0.25, 0.3) is 0 Å². The van der Waals surface area contributed by atoms with E-state index in [0.717, 1.165) is 13.0 Å². The zero-order valence-electron chi connectivity index (χ0n) is 4.36. The van der Waals surface area contributed by atoms with Crippen LogP contribution in [0.2, 0.25) is 0 Å². The van der Waals surface area contributed by atoms with Crippen molar-refractivity contribution in [2.45, 2.75) is 18.9 Å². The molecule has 2 heteroatoms. The molecule has 1 rings (SSSR count). The molecule has 0 saturated carbocycles. The Balaban J connectivity index is 2.33. The van der Waals surface area contributed by atoms with E-state index in [-0.39, 0.29) is 5.56 Å². The summed E-state index contributed by atoms with van der Waals surface area (Å²) in [6, 6.07) is 0. The smallest absolute Gasteiger partial charge is 0.133 e. The van der Waals surface area contributed by atoms with E-state index in [1.165, 1.54) is 0 Å². The van der Waals surface area contributed by atoms with Crippen LogP contribution in [0.15, 0.2) is 0 Å². The molecular formula is C5H9ClO. The van der Waals surface area contributed by atoms with Crippen LogP contribution in [0.25, 0.3) is 0 Å². The van der Waals surface area contributed by atoms with E-state index in [1.807, 2.05) is 0 Å². The highest BCUT2D eigenvalue weighted by molar-refractivity contribution is 6.19. The van der Waals surface area contributed by atoms with E-state index in [1.54, 1.807) is 0 Å². The molecule has 0 N–H and O–H groups in total. The fraction of sp³-hybridized carbons (Fsp3) is 1.00. The summed E-state index contributed by atoms with van der Waals surface area (Å²) < 4.78 is 5.03. The Morgan fingerprint density at radius 2 is 2.43 bits per heavy atom. The number of hydrogen-bond donors (Lipinski definition) is 0. The van der Waals surface area contributed by atoms with Gasteiger partial charge < -0.3 is 4.74 Å². The zero-order chi connectivity index (χ0) is 5.28. The normalized spacial score (nSPS) is 42.0. The summed E-state index contributed by atoms with van der Waals surface area (Å²) in [5, 5.41) is 0. The molecule has 1 aliphatic rings. The minimum absolute atomic E-state index is 0.0139. The first-order valence-electron chi connectivity index (χ1n) is 2.56. The van der Waals surface area contributed by atoms with Gasteiger partial charge in [0, 0.05) is 6.61 Å². The number of alkyl halides is 1. The first-order chi connectivity index (χ1) is 3.30. The van der Waals surface area contributed by atoms with Gasteiger partial charge in [-0.3, -0.25) is 0 Å². The lowest BCUT2D eigenvalue weighted by Gasteiger charge is -2.01. The molecule has 0 radical (unpaired) electrons. The quantitative estimate of drug-likeness (QED) is 0.442. The Bertz CT molecular complexity index is 57.1. The van der Waals surface area contributed by atoms with E-state index in [2.05, 4.69) is 6.92 Å². The van der Waals surface area contributed by atoms with E-state index < -0.39 is 0 Å². The van der Waals surface area contributed by atoms with Crippen molar-refractivity contribution in [2.24, 2.45) is 5.92 Å². The van der Waals surface area contributed by atoms with Gasteiger partial charge in [-0.1, -0.05) is 18.5 Å². The molecule has 1 heterocycles. The molecule has 1 unspecified atom stereocenters. The van der Waals surface area contributed by atoms with Crippen LogP contribution in [0.1, 0.15) is 13.3 Å². The van der Waals surface area contributed by atoms with Crippen molar-refractivity contribution in [2.75, 3.05) is 6.61 Å². The van der Waals surface area contributed by atoms with Crippen LogP contribution in [0, 0.1) is 5.92 Å². The number of rotatable bonds is 0. The minimum atomic E-state index is -0.0139. The molecule has 0 aromatic rings. The van der Waals surface area contributed by atoms with Crippen LogP contribution in [0.4, 0.5) is 0 Å². The molecule has 0 spiro atoms. The molecule has 0 aliphatic carbocycles. The third-order valence-corrected chi connectivity index (χ3v) is 1.85. The molecule has 0 amide bonds. The van der Waals surface area contributed by atoms with E-state index >= 15 is 0 Å². The topological polar surface area (TPSA) is 9.23 Å². The van der Waals surface area contributed by atoms with Crippen LogP contribution in [0.5, 0.6) is 0 Å². The molecule has 0 aromatic heterocycles. The predicted molar refractivity (Wildman–Crippen MR) is 29.4 cm³/mol. The lowest BCUT2D eigenvalue weighted by atomic mass is 10.2. The van der Waals surface area contributed by atoms with Crippen LogP contribution < -0.4 is 0 Å². The molecule has 1 saturated heterocycles. The highest BCUT2D eigenvalue weighted by atomic mass is 35.5. The largest absolute Gasteiger partial charge is 0.362 e. The fourth-order valence-electron chi connectivity index (χ4n) is 0.662. The third kappa shape index (κ3) is 1.07. The Kier molecular flexibility index (Phi) is 1.55. The average molecular weight is 121 g/mol. The van der Waals surface area contributed by atoms with Crippen LogP contribution in [-0.4, -0.2) is 12.2 Å². The molecule has 0 aromatic carbocycles. The standard InChI is InChI=1S/C5H9ClO/c1-4-2-3-7-5(4)6/h4-5H,2-3H2,1H3/t4?,5-/m1/s1. The molecular weight excluding hydrogens is 112 g/mol. The predicted octanol–water partition coefficient (Wildman–Crippen LogP) is 1.61. The summed E-state index contributed by atoms with van der Waals surface area (Å²) in [6.45, 7) is 2.94. The summed E-state index contributed by atoms with van der Waals surface area (Å²) in [5.74, 6) is 0.557. The van der Waals surface area contributed by atoms with E-state index in [0.29, 0.717) is 5.92 Å². The summed E-state index contributed by atoms with van der Waals surface area (Å²) in [7, 11) is 0. The second-order valence-corrected chi connectivity index (χ2v) is 2.42. The molecule has 1 aliphatic heterocycles. The molecule has 7 heavy (non-hydrogen) atoms. The van der Waals surface area contributed by atoms with Gasteiger partial charge in [-0.05, 0) is 12.3 Å². The SMILES string of the molecule is CC1CCO[C@H]1Cl. The maximum absolute atomic E-state index is 5.64. The van der Waals surface area contributed by atoms with Gasteiger partial charge in [0.1, 0.15) is 5.56 Å². The van der Waals surface area contributed by atoms with E-state index in [9.17, 15) is 0 Å². The second-order valence-electron chi connectivity index (χ2n) is 1.99. The highest BCUT2D eigenvalue weighted by Gasteiger charge is 2.20. The van der Waals surface area contributed by atoms with Crippen molar-refractivity contribution < 1.29 is 4.74 Å². The fourth-order valence-corrected chi connectivity index (χ4v) is 0.877. The van der Waals surface area contributed by atoms with Gasteiger partial charge in [0.2, 0.25) is 0 Å². The van der Waals surface area contributed by atoms with Gasteiger partial charge in [0.05, 0.1) is 0 Å². The molecule has 1 nitrogen and oxygen atoms in total. The van der Waals surface area contributed by atoms with Gasteiger partial charge in [-0.2, -0.15) is 0 Å². The summed E-state index contributed by atoms with van der Waals surface area (Å²) in [5.41, 5.74) is -0.0139. The maximum Gasteiger partial charge on any atom is 0.133 e. The molecule has 0 bridgehead atoms. The Hall–Kier alpha value is 0.250. The summed E-state index contributed by atoms with van der Waals surface area (Å²) >= 11 is 5.64. The zero-order valence-corrected chi connectivity index (χ0v) is 5.11. The minimum Gasteiger partial charge on any atom is -0.362 e. The first-order valence-corrected chi connectivity index (χ1v) is 3.00. The van der Waals surface area contributed by atoms with Crippen molar-refractivity contribution in [1.82, 2.24) is 0 Å².